The smallest absolute Gasteiger partial charge is 0.242 e. The Morgan fingerprint density at radius 2 is 2.27 bits per heavy atom. The van der Waals surface area contributed by atoms with Crippen molar-refractivity contribution in [2.45, 2.75) is 31.5 Å². The molecule has 2 atom stereocenters. The van der Waals surface area contributed by atoms with Crippen molar-refractivity contribution in [2.24, 2.45) is 0 Å². The molecule has 0 bridgehead atoms. The molecule has 1 aromatic carbocycles. The molecular weight excluding hydrogens is 287 g/mol. The van der Waals surface area contributed by atoms with Gasteiger partial charge >= 0.3 is 0 Å². The molecule has 1 aliphatic rings. The summed E-state index contributed by atoms with van der Waals surface area (Å²) in [5, 5.41) is 6.87. The standard InChI is InChI=1S/C15H17FN4O2/c16-12-5-3-11(4-6-12)15(13-2-1-7-22-13)19-14(21)8-20-10-17-9-18-20/h3-6,9-10,13,15H,1-2,7-8H2,(H,19,21). The molecule has 7 heteroatoms. The van der Waals surface area contributed by atoms with Crippen molar-refractivity contribution < 1.29 is 13.9 Å². The summed E-state index contributed by atoms with van der Waals surface area (Å²) in [4.78, 5) is 16.0. The van der Waals surface area contributed by atoms with Gasteiger partial charge in [0.15, 0.2) is 0 Å². The SMILES string of the molecule is O=C(Cn1cncn1)NC(c1ccc(F)cc1)C1CCCO1. The van der Waals surface area contributed by atoms with Crippen LogP contribution >= 0.6 is 0 Å². The number of benzene rings is 1. The second kappa shape index (κ2) is 6.65. The molecule has 2 heterocycles. The van der Waals surface area contributed by atoms with Crippen molar-refractivity contribution in [3.63, 3.8) is 0 Å². The van der Waals surface area contributed by atoms with Gasteiger partial charge in [0.05, 0.1) is 12.1 Å². The van der Waals surface area contributed by atoms with Crippen LogP contribution in [-0.4, -0.2) is 33.4 Å². The quantitative estimate of drug-likeness (QED) is 0.908. The van der Waals surface area contributed by atoms with Crippen molar-refractivity contribution in [3.8, 4) is 0 Å². The molecule has 0 spiro atoms. The Morgan fingerprint density at radius 3 is 2.91 bits per heavy atom. The van der Waals surface area contributed by atoms with Crippen molar-refractivity contribution in [2.75, 3.05) is 6.61 Å². The maximum absolute atomic E-state index is 13.1. The topological polar surface area (TPSA) is 69.0 Å². The monoisotopic (exact) mass is 304 g/mol. The number of amides is 1. The van der Waals surface area contributed by atoms with Crippen molar-refractivity contribution in [3.05, 3.63) is 48.3 Å². The highest BCUT2D eigenvalue weighted by atomic mass is 19.1. The van der Waals surface area contributed by atoms with Gasteiger partial charge in [-0.2, -0.15) is 5.10 Å². The number of aromatic nitrogens is 3. The molecule has 1 N–H and O–H groups in total. The summed E-state index contributed by atoms with van der Waals surface area (Å²) in [6, 6.07) is 5.84. The van der Waals surface area contributed by atoms with E-state index >= 15 is 0 Å². The minimum absolute atomic E-state index is 0.0877. The molecule has 1 aliphatic heterocycles. The van der Waals surface area contributed by atoms with Gasteiger partial charge in [0, 0.05) is 6.61 Å². The normalized spacial score (nSPS) is 19.0. The van der Waals surface area contributed by atoms with Gasteiger partial charge in [-0.15, -0.1) is 0 Å². The van der Waals surface area contributed by atoms with Crippen LogP contribution in [0.15, 0.2) is 36.9 Å². The zero-order valence-corrected chi connectivity index (χ0v) is 12.0. The minimum atomic E-state index is -0.302. The maximum atomic E-state index is 13.1. The van der Waals surface area contributed by atoms with E-state index in [2.05, 4.69) is 15.4 Å². The Balaban J connectivity index is 1.73. The van der Waals surface area contributed by atoms with E-state index in [1.54, 1.807) is 12.1 Å². The highest BCUT2D eigenvalue weighted by Gasteiger charge is 2.28. The maximum Gasteiger partial charge on any atom is 0.242 e. The molecular formula is C15H17FN4O2. The molecule has 6 nitrogen and oxygen atoms in total. The lowest BCUT2D eigenvalue weighted by Gasteiger charge is -2.24. The fraction of sp³-hybridized carbons (Fsp3) is 0.400. The van der Waals surface area contributed by atoms with Crippen LogP contribution in [0.25, 0.3) is 0 Å². The number of ether oxygens (including phenoxy) is 1. The van der Waals surface area contributed by atoms with E-state index < -0.39 is 0 Å². The molecule has 1 saturated heterocycles. The molecule has 0 saturated carbocycles. The van der Waals surface area contributed by atoms with Gasteiger partial charge in [-0.1, -0.05) is 12.1 Å². The number of nitrogens with zero attached hydrogens (tertiary/aromatic N) is 3. The van der Waals surface area contributed by atoms with Gasteiger partial charge in [0.1, 0.15) is 25.0 Å². The summed E-state index contributed by atoms with van der Waals surface area (Å²) in [6.45, 7) is 0.770. The van der Waals surface area contributed by atoms with Gasteiger partial charge in [-0.25, -0.2) is 14.1 Å². The van der Waals surface area contributed by atoms with E-state index in [1.807, 2.05) is 0 Å². The molecule has 2 unspecified atom stereocenters. The zero-order valence-electron chi connectivity index (χ0n) is 12.0. The third kappa shape index (κ3) is 3.48. The number of hydrogen-bond donors (Lipinski definition) is 1. The lowest BCUT2D eigenvalue weighted by molar-refractivity contribution is -0.123. The molecule has 116 valence electrons. The molecule has 0 radical (unpaired) electrons. The van der Waals surface area contributed by atoms with Gasteiger partial charge in [-0.3, -0.25) is 4.79 Å². The Bertz CT molecular complexity index is 609. The fourth-order valence-corrected chi connectivity index (χ4v) is 2.61. The van der Waals surface area contributed by atoms with Gasteiger partial charge < -0.3 is 10.1 Å². The Hall–Kier alpha value is -2.28. The molecule has 1 aromatic heterocycles. The van der Waals surface area contributed by atoms with Gasteiger partial charge in [0.25, 0.3) is 0 Å². The van der Waals surface area contributed by atoms with Crippen LogP contribution in [-0.2, 0) is 16.1 Å². The van der Waals surface area contributed by atoms with Crippen LogP contribution < -0.4 is 5.32 Å². The predicted octanol–water partition coefficient (Wildman–Crippen LogP) is 1.45. The number of nitrogens with one attached hydrogen (secondary N) is 1. The van der Waals surface area contributed by atoms with E-state index in [0.29, 0.717) is 6.61 Å². The minimum Gasteiger partial charge on any atom is -0.376 e. The van der Waals surface area contributed by atoms with Crippen LogP contribution in [0.1, 0.15) is 24.4 Å². The van der Waals surface area contributed by atoms with Crippen molar-refractivity contribution in [1.82, 2.24) is 20.1 Å². The first-order chi connectivity index (χ1) is 10.7. The number of halogens is 1. The average molecular weight is 304 g/mol. The van der Waals surface area contributed by atoms with Crippen LogP contribution in [0.5, 0.6) is 0 Å². The molecule has 1 fully saturated rings. The molecule has 0 aliphatic carbocycles. The largest absolute Gasteiger partial charge is 0.376 e. The summed E-state index contributed by atoms with van der Waals surface area (Å²) in [5.41, 5.74) is 0.834. The molecule has 2 aromatic rings. The number of hydrogen-bond acceptors (Lipinski definition) is 4. The Morgan fingerprint density at radius 1 is 1.45 bits per heavy atom. The van der Waals surface area contributed by atoms with Crippen LogP contribution in [0, 0.1) is 5.82 Å². The third-order valence-electron chi connectivity index (χ3n) is 3.65. The second-order valence-corrected chi connectivity index (χ2v) is 5.24. The van der Waals surface area contributed by atoms with Crippen molar-refractivity contribution in [1.29, 1.82) is 0 Å². The molecule has 3 rings (SSSR count). The second-order valence-electron chi connectivity index (χ2n) is 5.24. The third-order valence-corrected chi connectivity index (χ3v) is 3.65. The van der Waals surface area contributed by atoms with Crippen LogP contribution in [0.3, 0.4) is 0 Å². The van der Waals surface area contributed by atoms with Gasteiger partial charge in [0.2, 0.25) is 5.91 Å². The van der Waals surface area contributed by atoms with E-state index in [0.717, 1.165) is 18.4 Å². The average Bonchev–Trinajstić information content (AvgIpc) is 3.19. The summed E-state index contributed by atoms with van der Waals surface area (Å²) in [6.07, 6.45) is 4.60. The van der Waals surface area contributed by atoms with Crippen LogP contribution in [0.2, 0.25) is 0 Å². The summed E-state index contributed by atoms with van der Waals surface area (Å²) >= 11 is 0. The number of carbonyl (C=O) groups is 1. The highest BCUT2D eigenvalue weighted by Crippen LogP contribution is 2.27. The van der Waals surface area contributed by atoms with Crippen LogP contribution in [0.4, 0.5) is 4.39 Å². The Kier molecular flexibility index (Phi) is 4.43. The van der Waals surface area contributed by atoms with E-state index in [4.69, 9.17) is 4.74 Å². The Labute approximate surface area is 127 Å². The zero-order chi connectivity index (χ0) is 15.4. The first-order valence-electron chi connectivity index (χ1n) is 7.21. The number of carbonyl (C=O) groups excluding carboxylic acids is 1. The van der Waals surface area contributed by atoms with Crippen molar-refractivity contribution >= 4 is 5.91 Å². The predicted molar refractivity (Wildman–Crippen MR) is 76.3 cm³/mol. The summed E-state index contributed by atoms with van der Waals surface area (Å²) in [7, 11) is 0. The molecule has 22 heavy (non-hydrogen) atoms. The lowest BCUT2D eigenvalue weighted by Crippen LogP contribution is -2.38. The van der Waals surface area contributed by atoms with E-state index in [-0.39, 0.29) is 30.4 Å². The first kappa shape index (κ1) is 14.6. The number of rotatable bonds is 5. The highest BCUT2D eigenvalue weighted by molar-refractivity contribution is 5.76. The fourth-order valence-electron chi connectivity index (χ4n) is 2.61. The lowest BCUT2D eigenvalue weighted by atomic mass is 9.99. The van der Waals surface area contributed by atoms with Gasteiger partial charge in [-0.05, 0) is 30.5 Å². The first-order valence-corrected chi connectivity index (χ1v) is 7.21. The molecule has 1 amide bonds. The summed E-state index contributed by atoms with van der Waals surface area (Å²) < 4.78 is 20.2. The van der Waals surface area contributed by atoms with E-state index in [9.17, 15) is 9.18 Å². The summed E-state index contributed by atoms with van der Waals surface area (Å²) in [5.74, 6) is -0.487. The van der Waals surface area contributed by atoms with E-state index in [1.165, 1.54) is 29.5 Å².